The molecule has 5 rings (SSSR count). The SMILES string of the molecule is O=C(O)CC(=O)Nc1cnn2c(C3CCCCC3)c(-c3ccc(OCc4ccccc4)cc3)cnc12. The van der Waals surface area contributed by atoms with Crippen LogP contribution >= 0.6 is 0 Å². The van der Waals surface area contributed by atoms with Crippen LogP contribution in [0.15, 0.2) is 67.0 Å². The number of carboxylic acid groups (broad SMARTS) is 1. The lowest BCUT2D eigenvalue weighted by Crippen LogP contribution is -2.16. The van der Waals surface area contributed by atoms with Gasteiger partial charge in [-0.05, 0) is 36.1 Å². The highest BCUT2D eigenvalue weighted by molar-refractivity contribution is 6.03. The fourth-order valence-corrected chi connectivity index (χ4v) is 4.83. The van der Waals surface area contributed by atoms with Crippen LogP contribution in [0, 0.1) is 0 Å². The van der Waals surface area contributed by atoms with E-state index in [0.717, 1.165) is 53.8 Å². The summed E-state index contributed by atoms with van der Waals surface area (Å²) >= 11 is 0. The lowest BCUT2D eigenvalue weighted by Gasteiger charge is -2.25. The van der Waals surface area contributed by atoms with Crippen LogP contribution in [0.3, 0.4) is 0 Å². The Morgan fingerprint density at radius 3 is 2.47 bits per heavy atom. The number of anilines is 1. The summed E-state index contributed by atoms with van der Waals surface area (Å²) in [6.07, 6.45) is 8.42. The third-order valence-corrected chi connectivity index (χ3v) is 6.56. The molecule has 1 fully saturated rings. The Hall–Kier alpha value is -4.20. The minimum absolute atomic E-state index is 0.315. The molecular formula is C28H28N4O4. The second-order valence-electron chi connectivity index (χ2n) is 9.10. The third kappa shape index (κ3) is 5.22. The van der Waals surface area contributed by atoms with Crippen LogP contribution in [0.2, 0.25) is 0 Å². The lowest BCUT2D eigenvalue weighted by molar-refractivity contribution is -0.139. The van der Waals surface area contributed by atoms with Gasteiger partial charge in [0.15, 0.2) is 5.65 Å². The smallest absolute Gasteiger partial charge is 0.312 e. The molecule has 0 bridgehead atoms. The summed E-state index contributed by atoms with van der Waals surface area (Å²) in [5.74, 6) is -0.680. The van der Waals surface area contributed by atoms with Crippen molar-refractivity contribution >= 4 is 23.2 Å². The summed E-state index contributed by atoms with van der Waals surface area (Å²) in [7, 11) is 0. The first-order valence-corrected chi connectivity index (χ1v) is 12.2. The number of aliphatic carboxylic acids is 1. The quantitative estimate of drug-likeness (QED) is 0.323. The van der Waals surface area contributed by atoms with E-state index in [1.807, 2.05) is 65.3 Å². The number of ether oxygens (including phenoxy) is 1. The van der Waals surface area contributed by atoms with Crippen LogP contribution in [-0.2, 0) is 16.2 Å². The Morgan fingerprint density at radius 2 is 1.75 bits per heavy atom. The predicted octanol–water partition coefficient (Wildman–Crippen LogP) is 5.44. The molecule has 0 saturated heterocycles. The maximum atomic E-state index is 12.0. The van der Waals surface area contributed by atoms with Crippen LogP contribution in [0.5, 0.6) is 5.75 Å². The number of hydrogen-bond donors (Lipinski definition) is 2. The number of benzene rings is 2. The van der Waals surface area contributed by atoms with Gasteiger partial charge in [-0.1, -0.05) is 61.7 Å². The Kier molecular flexibility index (Phi) is 6.93. The third-order valence-electron chi connectivity index (χ3n) is 6.56. The summed E-state index contributed by atoms with van der Waals surface area (Å²) in [5.41, 5.74) is 5.12. The molecule has 36 heavy (non-hydrogen) atoms. The second-order valence-corrected chi connectivity index (χ2v) is 9.10. The summed E-state index contributed by atoms with van der Waals surface area (Å²) in [6, 6.07) is 18.1. The molecule has 184 valence electrons. The molecule has 2 heterocycles. The Labute approximate surface area is 208 Å². The largest absolute Gasteiger partial charge is 0.489 e. The molecule has 0 spiro atoms. The number of fused-ring (bicyclic) bond motifs is 1. The van der Waals surface area contributed by atoms with Crippen molar-refractivity contribution in [2.75, 3.05) is 5.32 Å². The average Bonchev–Trinajstić information content (AvgIpc) is 3.30. The molecule has 0 unspecified atom stereocenters. The first-order valence-electron chi connectivity index (χ1n) is 12.2. The number of aromatic nitrogens is 3. The number of carboxylic acids is 1. The van der Waals surface area contributed by atoms with E-state index in [0.29, 0.717) is 23.9 Å². The number of carbonyl (C=O) groups is 2. The van der Waals surface area contributed by atoms with Gasteiger partial charge in [0.1, 0.15) is 24.5 Å². The topological polar surface area (TPSA) is 106 Å². The van der Waals surface area contributed by atoms with Crippen molar-refractivity contribution in [1.29, 1.82) is 0 Å². The summed E-state index contributed by atoms with van der Waals surface area (Å²) in [4.78, 5) is 27.6. The highest BCUT2D eigenvalue weighted by atomic mass is 16.5. The fraction of sp³-hybridized carbons (Fsp3) is 0.286. The lowest BCUT2D eigenvalue weighted by atomic mass is 9.84. The Balaban J connectivity index is 1.45. The van der Waals surface area contributed by atoms with E-state index in [9.17, 15) is 9.59 Å². The molecule has 8 heteroatoms. The van der Waals surface area contributed by atoms with E-state index in [2.05, 4.69) is 15.4 Å². The zero-order valence-electron chi connectivity index (χ0n) is 19.9. The molecular weight excluding hydrogens is 456 g/mol. The van der Waals surface area contributed by atoms with Gasteiger partial charge >= 0.3 is 5.97 Å². The maximum absolute atomic E-state index is 12.0. The minimum atomic E-state index is -1.18. The number of carbonyl (C=O) groups excluding carboxylic acids is 1. The molecule has 1 aliphatic rings. The van der Waals surface area contributed by atoms with Crippen molar-refractivity contribution in [3.05, 3.63) is 78.2 Å². The van der Waals surface area contributed by atoms with Gasteiger partial charge in [0.2, 0.25) is 5.91 Å². The van der Waals surface area contributed by atoms with Crippen LogP contribution in [0.1, 0.15) is 55.7 Å². The van der Waals surface area contributed by atoms with E-state index in [1.54, 1.807) is 6.20 Å². The van der Waals surface area contributed by atoms with E-state index >= 15 is 0 Å². The fourth-order valence-electron chi connectivity index (χ4n) is 4.83. The van der Waals surface area contributed by atoms with E-state index in [4.69, 9.17) is 9.84 Å². The number of amides is 1. The molecule has 0 radical (unpaired) electrons. The number of hydrogen-bond acceptors (Lipinski definition) is 5. The van der Waals surface area contributed by atoms with Crippen LogP contribution < -0.4 is 10.1 Å². The van der Waals surface area contributed by atoms with Gasteiger partial charge in [0, 0.05) is 17.7 Å². The van der Waals surface area contributed by atoms with Crippen molar-refractivity contribution in [2.24, 2.45) is 0 Å². The number of nitrogens with one attached hydrogen (secondary N) is 1. The Morgan fingerprint density at radius 1 is 1.00 bits per heavy atom. The van der Waals surface area contributed by atoms with Crippen molar-refractivity contribution in [2.45, 2.75) is 51.0 Å². The molecule has 1 aliphatic carbocycles. The van der Waals surface area contributed by atoms with Gasteiger partial charge < -0.3 is 15.2 Å². The minimum Gasteiger partial charge on any atom is -0.489 e. The highest BCUT2D eigenvalue weighted by Crippen LogP contribution is 2.39. The Bertz CT molecular complexity index is 1360. The highest BCUT2D eigenvalue weighted by Gasteiger charge is 2.25. The van der Waals surface area contributed by atoms with E-state index in [-0.39, 0.29) is 0 Å². The van der Waals surface area contributed by atoms with Crippen molar-refractivity contribution in [1.82, 2.24) is 14.6 Å². The number of rotatable bonds is 8. The normalized spacial score (nSPS) is 14.0. The predicted molar refractivity (Wildman–Crippen MR) is 136 cm³/mol. The number of nitrogens with zero attached hydrogens (tertiary/aromatic N) is 3. The molecule has 1 saturated carbocycles. The van der Waals surface area contributed by atoms with Crippen molar-refractivity contribution in [3.63, 3.8) is 0 Å². The van der Waals surface area contributed by atoms with Crippen LogP contribution in [-0.4, -0.2) is 31.6 Å². The van der Waals surface area contributed by atoms with E-state index in [1.165, 1.54) is 6.42 Å². The summed E-state index contributed by atoms with van der Waals surface area (Å²) in [5, 5.41) is 16.1. The van der Waals surface area contributed by atoms with Crippen LogP contribution in [0.25, 0.3) is 16.8 Å². The molecule has 4 aromatic rings. The average molecular weight is 485 g/mol. The van der Waals surface area contributed by atoms with Gasteiger partial charge in [0.25, 0.3) is 0 Å². The van der Waals surface area contributed by atoms with Crippen LogP contribution in [0.4, 0.5) is 5.69 Å². The standard InChI is InChI=1S/C28H28N4O4/c33-25(15-26(34)35)31-24-17-30-32-27(21-9-5-2-6-10-21)23(16-29-28(24)32)20-11-13-22(14-12-20)36-18-19-7-3-1-4-8-19/h1,3-4,7-8,11-14,16-17,21H,2,5-6,9-10,15,18H2,(H,31,33)(H,34,35). The summed E-state index contributed by atoms with van der Waals surface area (Å²) in [6.45, 7) is 0.505. The monoisotopic (exact) mass is 484 g/mol. The molecule has 8 nitrogen and oxygen atoms in total. The molecule has 0 atom stereocenters. The van der Waals surface area contributed by atoms with E-state index < -0.39 is 18.3 Å². The van der Waals surface area contributed by atoms with Crippen molar-refractivity contribution in [3.8, 4) is 16.9 Å². The van der Waals surface area contributed by atoms with Gasteiger partial charge in [-0.25, -0.2) is 9.50 Å². The van der Waals surface area contributed by atoms with Gasteiger partial charge in [0.05, 0.1) is 11.9 Å². The zero-order chi connectivity index (χ0) is 24.9. The van der Waals surface area contributed by atoms with Gasteiger partial charge in [-0.3, -0.25) is 9.59 Å². The van der Waals surface area contributed by atoms with Gasteiger partial charge in [-0.2, -0.15) is 5.10 Å². The first-order chi connectivity index (χ1) is 17.6. The first kappa shape index (κ1) is 23.5. The second kappa shape index (κ2) is 10.6. The van der Waals surface area contributed by atoms with Gasteiger partial charge in [-0.15, -0.1) is 0 Å². The zero-order valence-corrected chi connectivity index (χ0v) is 19.9. The molecule has 2 aromatic heterocycles. The maximum Gasteiger partial charge on any atom is 0.312 e. The summed E-state index contributed by atoms with van der Waals surface area (Å²) < 4.78 is 7.76. The molecule has 2 aromatic carbocycles. The van der Waals surface area contributed by atoms with Crippen molar-refractivity contribution < 1.29 is 19.4 Å². The molecule has 2 N–H and O–H groups in total. The molecule has 0 aliphatic heterocycles. The molecule has 1 amide bonds.